The third-order valence-corrected chi connectivity index (χ3v) is 8.18. The molecule has 3 aromatic rings. The van der Waals surface area contributed by atoms with Gasteiger partial charge >= 0.3 is 0 Å². The van der Waals surface area contributed by atoms with Crippen molar-refractivity contribution in [3.05, 3.63) is 30.4 Å². The van der Waals surface area contributed by atoms with Crippen molar-refractivity contribution in [3.63, 3.8) is 0 Å². The molecule has 5 rings (SSSR count). The normalized spacial score (nSPS) is 23.5. The van der Waals surface area contributed by atoms with Crippen molar-refractivity contribution < 1.29 is 18.1 Å². The molecule has 2 aliphatic heterocycles. The molecule has 0 radical (unpaired) electrons. The van der Waals surface area contributed by atoms with Crippen LogP contribution in [-0.2, 0) is 26.9 Å². The van der Waals surface area contributed by atoms with E-state index in [1.165, 1.54) is 0 Å². The van der Waals surface area contributed by atoms with Gasteiger partial charge in [-0.25, -0.2) is 19.3 Å². The number of alkyl halides is 1. The van der Waals surface area contributed by atoms with E-state index in [2.05, 4.69) is 38.7 Å². The molecule has 2 fully saturated rings. The summed E-state index contributed by atoms with van der Waals surface area (Å²) < 4.78 is 40.2. The van der Waals surface area contributed by atoms with Gasteiger partial charge < -0.3 is 24.3 Å². The number of anilines is 3. The van der Waals surface area contributed by atoms with Gasteiger partial charge in [0.25, 0.3) is 0 Å². The summed E-state index contributed by atoms with van der Waals surface area (Å²) in [7, 11) is -1.19. The van der Waals surface area contributed by atoms with Gasteiger partial charge in [0.1, 0.15) is 35.8 Å². The summed E-state index contributed by atoms with van der Waals surface area (Å²) in [6.07, 6.45) is 7.18. The molecule has 2 aliphatic rings. The summed E-state index contributed by atoms with van der Waals surface area (Å²) in [5.41, 5.74) is 1.73. The van der Waals surface area contributed by atoms with Crippen LogP contribution in [0.25, 0.3) is 11.0 Å². The number of rotatable bonds is 8. The average molecular weight is 532 g/mol. The summed E-state index contributed by atoms with van der Waals surface area (Å²) >= 11 is 0. The maximum absolute atomic E-state index is 14.6. The monoisotopic (exact) mass is 531 g/mol. The number of hydrogen-bond donors (Lipinski definition) is 1. The Hall–Kier alpha value is -2.70. The molecule has 0 aromatic carbocycles. The quantitative estimate of drug-likeness (QED) is 0.463. The Morgan fingerprint density at radius 2 is 2.11 bits per heavy atom. The second-order valence-corrected chi connectivity index (χ2v) is 11.4. The third kappa shape index (κ3) is 5.91. The second-order valence-electron chi connectivity index (χ2n) is 9.81. The van der Waals surface area contributed by atoms with Crippen molar-refractivity contribution in [2.45, 2.75) is 69.9 Å². The molecule has 2 unspecified atom stereocenters. The minimum Gasteiger partial charge on any atom is -0.353 e. The number of halogens is 1. The van der Waals surface area contributed by atoms with Gasteiger partial charge in [-0.3, -0.25) is 4.21 Å². The number of hydrogen-bond acceptors (Lipinski definition) is 9. The first-order valence-corrected chi connectivity index (χ1v) is 14.4. The van der Waals surface area contributed by atoms with Gasteiger partial charge in [-0.1, -0.05) is 0 Å². The Bertz CT molecular complexity index is 1250. The van der Waals surface area contributed by atoms with Gasteiger partial charge in [-0.15, -0.1) is 0 Å². The highest BCUT2D eigenvalue weighted by atomic mass is 32.2. The minimum absolute atomic E-state index is 0.127. The highest BCUT2D eigenvalue weighted by Gasteiger charge is 2.32. The molecule has 4 atom stereocenters. The van der Waals surface area contributed by atoms with Crippen molar-refractivity contribution in [3.8, 4) is 0 Å². The van der Waals surface area contributed by atoms with E-state index in [1.807, 2.05) is 6.07 Å². The molecule has 0 amide bonds. The molecule has 0 saturated carbocycles. The zero-order valence-electron chi connectivity index (χ0n) is 21.5. The summed E-state index contributed by atoms with van der Waals surface area (Å²) in [4.78, 5) is 20.0. The minimum atomic E-state index is -1.19. The number of ether oxygens (including phenoxy) is 2. The zero-order chi connectivity index (χ0) is 25.9. The van der Waals surface area contributed by atoms with Crippen LogP contribution in [0.5, 0.6) is 0 Å². The Labute approximate surface area is 218 Å². The van der Waals surface area contributed by atoms with Crippen LogP contribution < -0.4 is 10.2 Å². The van der Waals surface area contributed by atoms with Crippen LogP contribution >= 0.6 is 0 Å². The van der Waals surface area contributed by atoms with Crippen molar-refractivity contribution in [2.75, 3.05) is 36.2 Å². The zero-order valence-corrected chi connectivity index (χ0v) is 22.3. The Balaban J connectivity index is 1.32. The van der Waals surface area contributed by atoms with E-state index in [-0.39, 0.29) is 18.9 Å². The summed E-state index contributed by atoms with van der Waals surface area (Å²) in [6.45, 7) is 6.02. The van der Waals surface area contributed by atoms with Crippen LogP contribution in [-0.4, -0.2) is 72.4 Å². The fourth-order valence-electron chi connectivity index (χ4n) is 4.95. The molecule has 3 aromatic heterocycles. The highest BCUT2D eigenvalue weighted by molar-refractivity contribution is 7.85. The Kier molecular flexibility index (Phi) is 7.96. The van der Waals surface area contributed by atoms with Gasteiger partial charge in [0, 0.05) is 48.5 Å². The lowest BCUT2D eigenvalue weighted by atomic mass is 10.1. The van der Waals surface area contributed by atoms with Crippen LogP contribution in [0.15, 0.2) is 24.5 Å². The Morgan fingerprint density at radius 3 is 2.84 bits per heavy atom. The standard InChI is InChI=1S/C25H34FN7O3S/c1-16(2)33-19-12-22(28-13-18(19)29-23(33)15-36-24-6-4-5-11-35-24)30-21-7-9-27-25(31-21)32-10-8-20(37(3)34)17(26)14-32/h7,9,12-13,16-17,20,24H,4-6,8,10-11,14-15H2,1-3H3,(H,27,28,30,31)/t17-,20+,24?,37?/m0/s1. The molecule has 0 bridgehead atoms. The molecule has 37 heavy (non-hydrogen) atoms. The Morgan fingerprint density at radius 1 is 1.24 bits per heavy atom. The van der Waals surface area contributed by atoms with Crippen LogP contribution in [0, 0.1) is 0 Å². The van der Waals surface area contributed by atoms with Gasteiger partial charge in [-0.2, -0.15) is 4.98 Å². The predicted octanol–water partition coefficient (Wildman–Crippen LogP) is 3.88. The van der Waals surface area contributed by atoms with E-state index >= 15 is 0 Å². The van der Waals surface area contributed by atoms with E-state index in [1.54, 1.807) is 29.6 Å². The van der Waals surface area contributed by atoms with Gasteiger partial charge in [-0.05, 0) is 45.6 Å². The molecule has 2 saturated heterocycles. The first-order chi connectivity index (χ1) is 17.9. The molecule has 200 valence electrons. The van der Waals surface area contributed by atoms with Crippen molar-refractivity contribution >= 4 is 39.4 Å². The predicted molar refractivity (Wildman–Crippen MR) is 141 cm³/mol. The molecule has 0 spiro atoms. The molecule has 12 heteroatoms. The van der Waals surface area contributed by atoms with Crippen LogP contribution in [0.3, 0.4) is 0 Å². The number of nitrogens with zero attached hydrogens (tertiary/aromatic N) is 6. The highest BCUT2D eigenvalue weighted by Crippen LogP contribution is 2.27. The van der Waals surface area contributed by atoms with Crippen LogP contribution in [0.2, 0.25) is 0 Å². The summed E-state index contributed by atoms with van der Waals surface area (Å²) in [5.74, 6) is 2.44. The lowest BCUT2D eigenvalue weighted by Gasteiger charge is -2.33. The summed E-state index contributed by atoms with van der Waals surface area (Å²) in [6, 6.07) is 3.87. The second kappa shape index (κ2) is 11.4. The van der Waals surface area contributed by atoms with E-state index in [0.717, 1.165) is 42.7 Å². The van der Waals surface area contributed by atoms with Gasteiger partial charge in [0.05, 0.1) is 23.5 Å². The molecular weight excluding hydrogens is 497 g/mol. The fourth-order valence-corrected chi connectivity index (χ4v) is 5.88. The molecule has 5 heterocycles. The van der Waals surface area contributed by atoms with Crippen molar-refractivity contribution in [2.24, 2.45) is 0 Å². The topological polar surface area (TPSA) is 107 Å². The van der Waals surface area contributed by atoms with Crippen molar-refractivity contribution in [1.82, 2.24) is 24.5 Å². The van der Waals surface area contributed by atoms with E-state index in [0.29, 0.717) is 37.2 Å². The van der Waals surface area contributed by atoms with E-state index < -0.39 is 22.2 Å². The molecule has 0 aliphatic carbocycles. The molecular formula is C25H34FN7O3S. The molecule has 10 nitrogen and oxygen atoms in total. The smallest absolute Gasteiger partial charge is 0.227 e. The third-order valence-electron chi connectivity index (χ3n) is 6.79. The average Bonchev–Trinajstić information content (AvgIpc) is 3.26. The number of imidazole rings is 1. The number of nitrogens with one attached hydrogen (secondary N) is 1. The molecule has 1 N–H and O–H groups in total. The number of piperidine rings is 1. The first-order valence-electron chi connectivity index (χ1n) is 12.8. The largest absolute Gasteiger partial charge is 0.353 e. The van der Waals surface area contributed by atoms with E-state index in [9.17, 15) is 8.60 Å². The lowest BCUT2D eigenvalue weighted by molar-refractivity contribution is -0.170. The van der Waals surface area contributed by atoms with Crippen LogP contribution in [0.1, 0.15) is 51.4 Å². The number of aromatic nitrogens is 5. The van der Waals surface area contributed by atoms with Crippen LogP contribution in [0.4, 0.5) is 22.0 Å². The maximum Gasteiger partial charge on any atom is 0.227 e. The summed E-state index contributed by atoms with van der Waals surface area (Å²) in [5, 5.41) is 2.81. The SMILES string of the molecule is CC(C)n1c(COC2CCCCO2)nc2cnc(Nc3ccnc(N4CC[C@@H](S(C)=O)[C@@H](F)C4)n3)cc21. The first kappa shape index (κ1) is 25.9. The number of fused-ring (bicyclic) bond motifs is 1. The van der Waals surface area contributed by atoms with E-state index in [4.69, 9.17) is 14.5 Å². The number of pyridine rings is 1. The van der Waals surface area contributed by atoms with Gasteiger partial charge in [0.15, 0.2) is 6.29 Å². The van der Waals surface area contributed by atoms with Crippen molar-refractivity contribution in [1.29, 1.82) is 0 Å². The fraction of sp³-hybridized carbons (Fsp3) is 0.600. The van der Waals surface area contributed by atoms with Gasteiger partial charge in [0.2, 0.25) is 5.95 Å². The lowest BCUT2D eigenvalue weighted by Crippen LogP contribution is -2.46. The maximum atomic E-state index is 14.6.